The van der Waals surface area contributed by atoms with Crippen LogP contribution in [0.1, 0.15) is 5.56 Å². The van der Waals surface area contributed by atoms with E-state index in [-0.39, 0.29) is 6.10 Å². The molecular formula is C15H15N5O. The number of benzene rings is 1. The van der Waals surface area contributed by atoms with Crippen molar-refractivity contribution in [1.82, 2.24) is 19.9 Å². The summed E-state index contributed by atoms with van der Waals surface area (Å²) in [5.74, 6) is 1.84. The lowest BCUT2D eigenvalue weighted by Crippen LogP contribution is -2.32. The van der Waals surface area contributed by atoms with Gasteiger partial charge in [-0.25, -0.2) is 15.0 Å². The number of nitrogens with zero attached hydrogens (tertiary/aromatic N) is 4. The van der Waals surface area contributed by atoms with E-state index in [1.165, 1.54) is 5.56 Å². The van der Waals surface area contributed by atoms with Gasteiger partial charge in [0.15, 0.2) is 11.5 Å². The van der Waals surface area contributed by atoms with Crippen molar-refractivity contribution in [3.8, 4) is 5.75 Å². The minimum Gasteiger partial charge on any atom is -0.488 e. The lowest BCUT2D eigenvalue weighted by atomic mass is 10.1. The molecule has 3 heterocycles. The highest BCUT2D eigenvalue weighted by atomic mass is 16.5. The molecule has 2 aromatic heterocycles. The molecule has 0 amide bonds. The van der Waals surface area contributed by atoms with E-state index < -0.39 is 0 Å². The van der Waals surface area contributed by atoms with E-state index in [1.54, 1.807) is 12.7 Å². The molecule has 3 aromatic rings. The number of fused-ring (bicyclic) bond motifs is 2. The fraction of sp³-hybridized carbons (Fsp3) is 0.267. The molecule has 1 aromatic carbocycles. The maximum atomic E-state index is 5.98. The van der Waals surface area contributed by atoms with Crippen LogP contribution in [0.4, 0.5) is 5.82 Å². The van der Waals surface area contributed by atoms with Crippen LogP contribution in [0.5, 0.6) is 5.75 Å². The Bertz CT molecular complexity index is 759. The van der Waals surface area contributed by atoms with Crippen LogP contribution in [0.25, 0.3) is 11.2 Å². The first kappa shape index (κ1) is 12.1. The first-order chi connectivity index (χ1) is 10.3. The van der Waals surface area contributed by atoms with E-state index in [9.17, 15) is 0 Å². The molecule has 106 valence electrons. The molecule has 4 rings (SSSR count). The largest absolute Gasteiger partial charge is 0.488 e. The number of anilines is 1. The van der Waals surface area contributed by atoms with Crippen molar-refractivity contribution in [3.05, 3.63) is 42.5 Å². The summed E-state index contributed by atoms with van der Waals surface area (Å²) in [4.78, 5) is 17.8. The Kier molecular flexibility index (Phi) is 2.73. The molecular weight excluding hydrogens is 266 g/mol. The minimum atomic E-state index is 0.139. The van der Waals surface area contributed by atoms with Crippen LogP contribution in [-0.4, -0.2) is 39.6 Å². The van der Waals surface area contributed by atoms with Crippen LogP contribution >= 0.6 is 0 Å². The first-order valence-electron chi connectivity index (χ1n) is 6.91. The highest BCUT2D eigenvalue weighted by molar-refractivity contribution is 5.82. The number of hydrogen-bond acceptors (Lipinski definition) is 5. The topological polar surface area (TPSA) is 66.9 Å². The molecule has 1 atom stereocenters. The predicted octanol–water partition coefficient (Wildman–Crippen LogP) is 1.79. The fourth-order valence-electron chi connectivity index (χ4n) is 2.79. The number of ether oxygens (including phenoxy) is 1. The molecule has 1 aliphatic heterocycles. The van der Waals surface area contributed by atoms with Gasteiger partial charge in [-0.1, -0.05) is 18.2 Å². The van der Waals surface area contributed by atoms with Crippen molar-refractivity contribution in [2.24, 2.45) is 0 Å². The molecule has 0 aliphatic carbocycles. The summed E-state index contributed by atoms with van der Waals surface area (Å²) in [7, 11) is 2.01. The van der Waals surface area contributed by atoms with Gasteiger partial charge >= 0.3 is 0 Å². The summed E-state index contributed by atoms with van der Waals surface area (Å²) in [5, 5.41) is 0. The number of likely N-dealkylation sites (N-methyl/N-ethyl adjacent to an activating group) is 1. The average Bonchev–Trinajstić information content (AvgIpc) is 3.12. The molecule has 21 heavy (non-hydrogen) atoms. The molecule has 0 spiro atoms. The van der Waals surface area contributed by atoms with Crippen molar-refractivity contribution < 1.29 is 4.74 Å². The maximum Gasteiger partial charge on any atom is 0.182 e. The molecule has 0 bridgehead atoms. The number of para-hydroxylation sites is 1. The van der Waals surface area contributed by atoms with Crippen LogP contribution in [0.3, 0.4) is 0 Å². The molecule has 1 N–H and O–H groups in total. The Hall–Kier alpha value is -2.63. The maximum absolute atomic E-state index is 5.98. The van der Waals surface area contributed by atoms with E-state index in [4.69, 9.17) is 4.74 Å². The molecule has 1 aliphatic rings. The van der Waals surface area contributed by atoms with Gasteiger partial charge in [-0.3, -0.25) is 0 Å². The molecule has 0 unspecified atom stereocenters. The summed E-state index contributed by atoms with van der Waals surface area (Å²) in [6.07, 6.45) is 4.25. The lowest BCUT2D eigenvalue weighted by molar-refractivity contribution is 0.239. The Morgan fingerprint density at radius 1 is 1.29 bits per heavy atom. The van der Waals surface area contributed by atoms with Gasteiger partial charge in [0, 0.05) is 13.5 Å². The Morgan fingerprint density at radius 3 is 3.10 bits per heavy atom. The number of hydrogen-bond donors (Lipinski definition) is 1. The predicted molar refractivity (Wildman–Crippen MR) is 79.5 cm³/mol. The van der Waals surface area contributed by atoms with Gasteiger partial charge < -0.3 is 14.6 Å². The van der Waals surface area contributed by atoms with E-state index >= 15 is 0 Å². The lowest BCUT2D eigenvalue weighted by Gasteiger charge is -2.22. The van der Waals surface area contributed by atoms with E-state index in [1.807, 2.05) is 25.2 Å². The molecule has 0 saturated carbocycles. The monoisotopic (exact) mass is 281 g/mol. The van der Waals surface area contributed by atoms with Gasteiger partial charge in [-0.05, 0) is 11.6 Å². The van der Waals surface area contributed by atoms with Crippen molar-refractivity contribution in [2.75, 3.05) is 18.5 Å². The Labute approximate surface area is 121 Å². The van der Waals surface area contributed by atoms with Crippen LogP contribution in [-0.2, 0) is 6.42 Å². The third-order valence-corrected chi connectivity index (χ3v) is 3.76. The summed E-state index contributed by atoms with van der Waals surface area (Å²) >= 11 is 0. The number of aromatic nitrogens is 4. The number of rotatable bonds is 3. The van der Waals surface area contributed by atoms with E-state index in [2.05, 4.69) is 30.9 Å². The highest BCUT2D eigenvalue weighted by Gasteiger charge is 2.24. The fourth-order valence-corrected chi connectivity index (χ4v) is 2.79. The SMILES string of the molecule is CN(C[C@@H]1Cc2ccccc2O1)c1ncnc2nc[nH]c12. The second-order valence-corrected chi connectivity index (χ2v) is 5.23. The van der Waals surface area contributed by atoms with Crippen LogP contribution in [0.2, 0.25) is 0 Å². The zero-order valence-electron chi connectivity index (χ0n) is 11.7. The van der Waals surface area contributed by atoms with Gasteiger partial charge in [0.2, 0.25) is 0 Å². The first-order valence-corrected chi connectivity index (χ1v) is 6.91. The van der Waals surface area contributed by atoms with Crippen molar-refractivity contribution >= 4 is 17.0 Å². The third kappa shape index (κ3) is 2.08. The standard InChI is InChI=1S/C15H15N5O/c1-20(15-13-14(17-8-16-13)18-9-19-15)7-11-6-10-4-2-3-5-12(10)21-11/h2-5,8-9,11H,6-7H2,1H3,(H,16,17,18,19)/t11-/m0/s1. The zero-order valence-corrected chi connectivity index (χ0v) is 11.7. The minimum absolute atomic E-state index is 0.139. The summed E-state index contributed by atoms with van der Waals surface area (Å²) in [6, 6.07) is 8.19. The van der Waals surface area contributed by atoms with Crippen LogP contribution in [0.15, 0.2) is 36.9 Å². The molecule has 0 fully saturated rings. The van der Waals surface area contributed by atoms with E-state index in [0.29, 0.717) is 5.65 Å². The van der Waals surface area contributed by atoms with Gasteiger partial charge in [0.1, 0.15) is 23.7 Å². The molecule has 6 nitrogen and oxygen atoms in total. The van der Waals surface area contributed by atoms with Gasteiger partial charge in [-0.15, -0.1) is 0 Å². The molecule has 0 radical (unpaired) electrons. The zero-order chi connectivity index (χ0) is 14.2. The van der Waals surface area contributed by atoms with Gasteiger partial charge in [0.05, 0.1) is 12.9 Å². The van der Waals surface area contributed by atoms with Gasteiger partial charge in [-0.2, -0.15) is 0 Å². The molecule has 0 saturated heterocycles. The summed E-state index contributed by atoms with van der Waals surface area (Å²) in [5.41, 5.74) is 2.81. The van der Waals surface area contributed by atoms with Crippen molar-refractivity contribution in [2.45, 2.75) is 12.5 Å². The summed E-state index contributed by atoms with van der Waals surface area (Å²) < 4.78 is 5.98. The second kappa shape index (κ2) is 4.73. The number of nitrogens with one attached hydrogen (secondary N) is 1. The quantitative estimate of drug-likeness (QED) is 0.793. The van der Waals surface area contributed by atoms with Gasteiger partial charge in [0.25, 0.3) is 0 Å². The average molecular weight is 281 g/mol. The highest BCUT2D eigenvalue weighted by Crippen LogP contribution is 2.29. The second-order valence-electron chi connectivity index (χ2n) is 5.23. The third-order valence-electron chi connectivity index (χ3n) is 3.76. The number of aromatic amines is 1. The van der Waals surface area contributed by atoms with Crippen molar-refractivity contribution in [3.63, 3.8) is 0 Å². The number of imidazole rings is 1. The van der Waals surface area contributed by atoms with E-state index in [0.717, 1.165) is 30.0 Å². The summed E-state index contributed by atoms with van der Waals surface area (Å²) in [6.45, 7) is 0.764. The van der Waals surface area contributed by atoms with Crippen LogP contribution in [0, 0.1) is 0 Å². The normalized spacial score (nSPS) is 16.7. The van der Waals surface area contributed by atoms with Crippen LogP contribution < -0.4 is 9.64 Å². The Morgan fingerprint density at radius 2 is 2.19 bits per heavy atom. The van der Waals surface area contributed by atoms with Crippen molar-refractivity contribution in [1.29, 1.82) is 0 Å². The smallest absolute Gasteiger partial charge is 0.182 e. The Balaban J connectivity index is 1.55. The number of H-pyrrole nitrogens is 1. The molecule has 6 heteroatoms.